The highest BCUT2D eigenvalue weighted by atomic mass is 19.1. The summed E-state index contributed by atoms with van der Waals surface area (Å²) in [6.45, 7) is 4.10. The first-order chi connectivity index (χ1) is 19.0. The van der Waals surface area contributed by atoms with Gasteiger partial charge in [0.25, 0.3) is 5.91 Å². The highest BCUT2D eigenvalue weighted by molar-refractivity contribution is 5.97. The summed E-state index contributed by atoms with van der Waals surface area (Å²) < 4.78 is 20.6. The molecule has 0 bridgehead atoms. The van der Waals surface area contributed by atoms with Crippen molar-refractivity contribution in [1.29, 1.82) is 0 Å². The maximum absolute atomic E-state index is 13.7. The van der Waals surface area contributed by atoms with E-state index in [0.29, 0.717) is 42.7 Å². The molecule has 2 aromatic heterocycles. The maximum Gasteiger partial charge on any atom is 0.309 e. The molecule has 0 atom stereocenters. The molecule has 1 saturated carbocycles. The molecule has 11 heteroatoms. The molecule has 0 unspecified atom stereocenters. The summed E-state index contributed by atoms with van der Waals surface area (Å²) in [5, 5.41) is 16.9. The van der Waals surface area contributed by atoms with Crippen molar-refractivity contribution in [2.75, 3.05) is 12.8 Å². The number of amides is 1. The molecule has 1 amide bonds. The van der Waals surface area contributed by atoms with E-state index in [2.05, 4.69) is 22.3 Å². The number of aromatic nitrogens is 4. The van der Waals surface area contributed by atoms with Gasteiger partial charge in [0.2, 0.25) is 0 Å². The molecular weight excluding hydrogens is 515 g/mol. The molecule has 208 valence electrons. The number of nitrogens with two attached hydrogens (primary N) is 1. The Morgan fingerprint density at radius 1 is 1.12 bits per heavy atom. The van der Waals surface area contributed by atoms with Crippen LogP contribution in [0.2, 0.25) is 0 Å². The second-order valence-electron chi connectivity index (χ2n) is 10.8. The minimum absolute atomic E-state index is 0.117. The molecule has 4 aromatic rings. The molecule has 1 aliphatic rings. The monoisotopic (exact) mass is 546 g/mol. The largest absolute Gasteiger partial charge is 0.496 e. The van der Waals surface area contributed by atoms with Crippen molar-refractivity contribution >= 4 is 23.2 Å². The Kier molecular flexibility index (Phi) is 6.91. The molecular formula is C29H31FN6O4. The Morgan fingerprint density at radius 2 is 1.82 bits per heavy atom. The number of methoxy groups -OCH3 is 1. The van der Waals surface area contributed by atoms with Crippen LogP contribution < -0.4 is 15.8 Å². The van der Waals surface area contributed by atoms with E-state index in [1.54, 1.807) is 11.4 Å². The van der Waals surface area contributed by atoms with Crippen LogP contribution in [0.4, 0.5) is 10.2 Å². The number of hydrogen-bond donors (Lipinski definition) is 3. The van der Waals surface area contributed by atoms with Crippen LogP contribution in [-0.2, 0) is 16.8 Å². The van der Waals surface area contributed by atoms with Crippen molar-refractivity contribution in [3.63, 3.8) is 0 Å². The quantitative estimate of drug-likeness (QED) is 0.310. The van der Waals surface area contributed by atoms with Crippen molar-refractivity contribution in [3.8, 4) is 17.0 Å². The molecule has 2 heterocycles. The lowest BCUT2D eigenvalue weighted by Gasteiger charge is -2.39. The van der Waals surface area contributed by atoms with Crippen LogP contribution >= 0.6 is 0 Å². The lowest BCUT2D eigenvalue weighted by atomic mass is 9.65. The number of carbonyl (C=O) groups is 2. The third-order valence-corrected chi connectivity index (χ3v) is 8.06. The fourth-order valence-electron chi connectivity index (χ4n) is 5.25. The van der Waals surface area contributed by atoms with E-state index in [1.165, 1.54) is 25.6 Å². The molecule has 0 spiro atoms. The third-order valence-electron chi connectivity index (χ3n) is 8.06. The van der Waals surface area contributed by atoms with Gasteiger partial charge in [-0.2, -0.15) is 5.10 Å². The highest BCUT2D eigenvalue weighted by Crippen LogP contribution is 2.47. The summed E-state index contributed by atoms with van der Waals surface area (Å²) in [5.41, 5.74) is 8.09. The number of nitrogen functional groups attached to an aromatic ring is 1. The molecule has 1 aliphatic carbocycles. The van der Waals surface area contributed by atoms with Crippen molar-refractivity contribution in [1.82, 2.24) is 24.9 Å². The molecule has 4 N–H and O–H groups in total. The van der Waals surface area contributed by atoms with Crippen LogP contribution in [0.1, 0.15) is 61.3 Å². The smallest absolute Gasteiger partial charge is 0.309 e. The third kappa shape index (κ3) is 4.83. The Morgan fingerprint density at radius 3 is 2.48 bits per heavy atom. The SMILES string of the molecule is COc1ccc(F)cc1C(=O)NCc1ccc(-c2nc(C3(C)CCC(C)(C(=O)O)CC3)n3ncnc(N)c23)cc1. The first-order valence-corrected chi connectivity index (χ1v) is 13.0. The standard InChI is InChI=1S/C29H31FN6O4/c1-28(10-12-29(2,13-11-28)27(38)39)26-35-22(23-24(31)33-16-34-36(23)26)18-6-4-17(5-7-18)15-32-25(37)20-14-19(30)8-9-21(20)40-3/h4-9,14,16H,10-13,15H2,1-3H3,(H,32,37)(H,38,39)(H2,31,33,34). The number of carboxylic acids is 1. The number of aliphatic carboxylic acids is 1. The number of nitrogens with one attached hydrogen (secondary N) is 1. The topological polar surface area (TPSA) is 145 Å². The predicted molar refractivity (Wildman–Crippen MR) is 146 cm³/mol. The summed E-state index contributed by atoms with van der Waals surface area (Å²) >= 11 is 0. The van der Waals surface area contributed by atoms with E-state index in [-0.39, 0.29) is 23.3 Å². The van der Waals surface area contributed by atoms with Crippen molar-refractivity contribution in [3.05, 3.63) is 71.6 Å². The lowest BCUT2D eigenvalue weighted by molar-refractivity contribution is -0.150. The molecule has 2 aromatic carbocycles. The second kappa shape index (κ2) is 10.2. The zero-order chi connectivity index (χ0) is 28.7. The number of benzene rings is 2. The zero-order valence-corrected chi connectivity index (χ0v) is 22.6. The number of halogens is 1. The Hall–Kier alpha value is -4.54. The van der Waals surface area contributed by atoms with Gasteiger partial charge in [-0.05, 0) is 56.4 Å². The number of nitrogens with zero attached hydrogens (tertiary/aromatic N) is 4. The fourth-order valence-corrected chi connectivity index (χ4v) is 5.25. The molecule has 10 nitrogen and oxygen atoms in total. The van der Waals surface area contributed by atoms with Crippen LogP contribution in [0.5, 0.6) is 5.75 Å². The van der Waals surface area contributed by atoms with Crippen molar-refractivity contribution < 1.29 is 23.8 Å². The summed E-state index contributed by atoms with van der Waals surface area (Å²) in [7, 11) is 1.42. The number of anilines is 1. The van der Waals surface area contributed by atoms with Gasteiger partial charge < -0.3 is 20.9 Å². The molecule has 0 saturated heterocycles. The van der Waals surface area contributed by atoms with Crippen molar-refractivity contribution in [2.24, 2.45) is 5.41 Å². The Labute approximate surface area is 230 Å². The van der Waals surface area contributed by atoms with Gasteiger partial charge in [0.05, 0.1) is 18.1 Å². The van der Waals surface area contributed by atoms with E-state index in [4.69, 9.17) is 15.5 Å². The first-order valence-electron chi connectivity index (χ1n) is 13.0. The zero-order valence-electron chi connectivity index (χ0n) is 22.6. The van der Waals surface area contributed by atoms with E-state index in [9.17, 15) is 19.1 Å². The van der Waals surface area contributed by atoms with Crippen LogP contribution in [0.3, 0.4) is 0 Å². The van der Waals surface area contributed by atoms with Gasteiger partial charge in [-0.15, -0.1) is 0 Å². The van der Waals surface area contributed by atoms with E-state index in [1.807, 2.05) is 24.3 Å². The number of ether oxygens (including phenoxy) is 1. The van der Waals surface area contributed by atoms with E-state index in [0.717, 1.165) is 23.0 Å². The molecule has 0 aliphatic heterocycles. The van der Waals surface area contributed by atoms with Crippen molar-refractivity contribution in [2.45, 2.75) is 51.5 Å². The Bertz CT molecular complexity index is 1590. The number of hydrogen-bond acceptors (Lipinski definition) is 7. The number of fused-ring (bicyclic) bond motifs is 1. The van der Waals surface area contributed by atoms with E-state index < -0.39 is 23.1 Å². The number of carboxylic acid groups (broad SMARTS) is 1. The Balaban J connectivity index is 1.40. The second-order valence-corrected chi connectivity index (χ2v) is 10.8. The molecule has 5 rings (SSSR count). The van der Waals surface area contributed by atoms with Gasteiger partial charge in [0.1, 0.15) is 34.9 Å². The maximum atomic E-state index is 13.7. The van der Waals surface area contributed by atoms with Crippen LogP contribution in [0.15, 0.2) is 48.8 Å². The van der Waals surface area contributed by atoms with Crippen LogP contribution in [0, 0.1) is 11.2 Å². The number of imidazole rings is 1. The lowest BCUT2D eigenvalue weighted by Crippen LogP contribution is -2.39. The fraction of sp³-hybridized carbons (Fsp3) is 0.345. The molecule has 40 heavy (non-hydrogen) atoms. The summed E-state index contributed by atoms with van der Waals surface area (Å²) in [5.74, 6) is -0.451. The average Bonchev–Trinajstić information content (AvgIpc) is 3.35. The van der Waals surface area contributed by atoms with Crippen LogP contribution in [-0.4, -0.2) is 43.7 Å². The minimum Gasteiger partial charge on any atom is -0.496 e. The predicted octanol–water partition coefficient (Wildman–Crippen LogP) is 4.37. The van der Waals surface area contributed by atoms with Gasteiger partial charge in [0, 0.05) is 17.5 Å². The summed E-state index contributed by atoms with van der Waals surface area (Å²) in [4.78, 5) is 33.6. The first kappa shape index (κ1) is 27.0. The summed E-state index contributed by atoms with van der Waals surface area (Å²) in [6.07, 6.45) is 3.75. The number of rotatable bonds is 7. The normalized spacial score (nSPS) is 20.8. The van der Waals surface area contributed by atoms with Gasteiger partial charge >= 0.3 is 5.97 Å². The van der Waals surface area contributed by atoms with Crippen LogP contribution in [0.25, 0.3) is 16.8 Å². The highest BCUT2D eigenvalue weighted by Gasteiger charge is 2.45. The van der Waals surface area contributed by atoms with Gasteiger partial charge in [0.15, 0.2) is 5.82 Å². The summed E-state index contributed by atoms with van der Waals surface area (Å²) in [6, 6.07) is 11.3. The molecule has 1 fully saturated rings. The molecule has 0 radical (unpaired) electrons. The average molecular weight is 547 g/mol. The van der Waals surface area contributed by atoms with Gasteiger partial charge in [-0.3, -0.25) is 9.59 Å². The number of carbonyl (C=O) groups excluding carboxylic acids is 1. The minimum atomic E-state index is -0.777. The van der Waals surface area contributed by atoms with E-state index >= 15 is 0 Å². The van der Waals surface area contributed by atoms with Gasteiger partial charge in [-0.1, -0.05) is 31.2 Å². The van der Waals surface area contributed by atoms with Gasteiger partial charge in [-0.25, -0.2) is 18.9 Å².